The summed E-state index contributed by atoms with van der Waals surface area (Å²) in [5.74, 6) is 1.05. The lowest BCUT2D eigenvalue weighted by Gasteiger charge is -2.10. The smallest absolute Gasteiger partial charge is 0.316 e. The molecule has 0 saturated heterocycles. The Balaban J connectivity index is 1.38. The minimum Gasteiger partial charge on any atom is -0.508 e. The topological polar surface area (TPSA) is 99.7 Å². The molecule has 0 unspecified atom stereocenters. The highest BCUT2D eigenvalue weighted by Crippen LogP contribution is 2.23. The lowest BCUT2D eigenvalue weighted by molar-refractivity contribution is 0.0952. The molecule has 0 saturated carbocycles. The number of amides is 3. The lowest BCUT2D eigenvalue weighted by atomic mass is 10.0. The molecule has 0 fully saturated rings. The van der Waals surface area contributed by atoms with E-state index in [0.717, 1.165) is 12.8 Å². The van der Waals surface area contributed by atoms with E-state index in [0.29, 0.717) is 23.6 Å². The maximum absolute atomic E-state index is 12.3. The monoisotopic (exact) mass is 553 g/mol. The zero-order chi connectivity index (χ0) is 28.7. The quantitative estimate of drug-likeness (QED) is 0.0868. The second kappa shape index (κ2) is 21.6. The van der Waals surface area contributed by atoms with Crippen LogP contribution in [0.5, 0.6) is 17.2 Å². The number of aromatic hydroxyl groups is 1. The Bertz CT molecular complexity index is 932. The first-order valence-corrected chi connectivity index (χ1v) is 15.5. The van der Waals surface area contributed by atoms with Crippen LogP contribution in [0.1, 0.15) is 120 Å². The van der Waals surface area contributed by atoms with E-state index in [4.69, 9.17) is 4.74 Å². The first kappa shape index (κ1) is 33.0. The minimum atomic E-state index is -0.283. The van der Waals surface area contributed by atoms with Crippen LogP contribution in [0.2, 0.25) is 0 Å². The molecular formula is C33H51N3O4. The molecule has 0 heterocycles. The normalized spacial score (nSPS) is 10.7. The van der Waals surface area contributed by atoms with Gasteiger partial charge in [-0.15, -0.1) is 0 Å². The van der Waals surface area contributed by atoms with Crippen molar-refractivity contribution >= 4 is 11.9 Å². The van der Waals surface area contributed by atoms with E-state index in [9.17, 15) is 14.7 Å². The van der Waals surface area contributed by atoms with Gasteiger partial charge in [-0.25, -0.2) is 4.79 Å². The number of benzene rings is 2. The van der Waals surface area contributed by atoms with Crippen molar-refractivity contribution in [1.29, 1.82) is 0 Å². The van der Waals surface area contributed by atoms with Crippen LogP contribution in [0.15, 0.2) is 48.5 Å². The molecule has 0 aromatic heterocycles. The van der Waals surface area contributed by atoms with Gasteiger partial charge in [-0.3, -0.25) is 4.79 Å². The molecule has 2 rings (SSSR count). The highest BCUT2D eigenvalue weighted by molar-refractivity contribution is 5.94. The summed E-state index contributed by atoms with van der Waals surface area (Å²) >= 11 is 0. The molecule has 0 spiro atoms. The van der Waals surface area contributed by atoms with Gasteiger partial charge in [-0.2, -0.15) is 0 Å². The summed E-state index contributed by atoms with van der Waals surface area (Å²) in [6.45, 7) is 2.96. The molecule has 4 N–H and O–H groups in total. The highest BCUT2D eigenvalue weighted by atomic mass is 16.5. The van der Waals surface area contributed by atoms with E-state index < -0.39 is 0 Å². The summed E-state index contributed by atoms with van der Waals surface area (Å²) in [5, 5.41) is 17.5. The predicted octanol–water partition coefficient (Wildman–Crippen LogP) is 8.43. The van der Waals surface area contributed by atoms with Crippen molar-refractivity contribution in [2.75, 3.05) is 13.2 Å². The number of phenols is 1. The molecule has 7 nitrogen and oxygen atoms in total. The Kier molecular flexibility index (Phi) is 17.8. The van der Waals surface area contributed by atoms with Gasteiger partial charge in [0.1, 0.15) is 17.2 Å². The number of unbranched alkanes of at least 4 members (excludes halogenated alkanes) is 15. The van der Waals surface area contributed by atoms with Gasteiger partial charge in [-0.05, 0) is 55.0 Å². The van der Waals surface area contributed by atoms with Crippen LogP contribution >= 0.6 is 0 Å². The van der Waals surface area contributed by atoms with Crippen LogP contribution in [-0.2, 0) is 0 Å². The molecule has 40 heavy (non-hydrogen) atoms. The van der Waals surface area contributed by atoms with E-state index in [2.05, 4.69) is 22.9 Å². The molecule has 2 aromatic carbocycles. The van der Waals surface area contributed by atoms with Crippen LogP contribution in [-0.4, -0.2) is 30.3 Å². The van der Waals surface area contributed by atoms with E-state index in [1.54, 1.807) is 48.5 Å². The third-order valence-corrected chi connectivity index (χ3v) is 7.00. The maximum atomic E-state index is 12.3. The Labute approximate surface area is 241 Å². The van der Waals surface area contributed by atoms with E-state index in [1.807, 2.05) is 0 Å². The van der Waals surface area contributed by atoms with Gasteiger partial charge in [0.15, 0.2) is 0 Å². The van der Waals surface area contributed by atoms with E-state index >= 15 is 0 Å². The number of hydrogen-bond donors (Lipinski definition) is 4. The standard InChI is InChI=1S/C33H51N3O4/c1-2-3-4-5-6-7-8-9-10-11-12-13-14-15-16-17-26-34-33(39)36-27-35-32(38)28-18-22-30(23-19-28)40-31-24-20-29(37)21-25-31/h18-25,37H,2-17,26-27H2,1H3,(H,35,38)(H2,34,36,39). The summed E-state index contributed by atoms with van der Waals surface area (Å²) in [6, 6.07) is 12.8. The van der Waals surface area contributed by atoms with Crippen molar-refractivity contribution in [1.82, 2.24) is 16.0 Å². The molecule has 0 atom stereocenters. The van der Waals surface area contributed by atoms with Gasteiger partial charge >= 0.3 is 6.03 Å². The third-order valence-electron chi connectivity index (χ3n) is 7.00. The Hall–Kier alpha value is -3.22. The van der Waals surface area contributed by atoms with Crippen molar-refractivity contribution in [3.63, 3.8) is 0 Å². The summed E-state index contributed by atoms with van der Waals surface area (Å²) in [6.07, 6.45) is 21.2. The second-order valence-corrected chi connectivity index (χ2v) is 10.5. The Morgan fingerprint density at radius 1 is 0.600 bits per heavy atom. The van der Waals surface area contributed by atoms with Crippen LogP contribution < -0.4 is 20.7 Å². The van der Waals surface area contributed by atoms with Gasteiger partial charge in [0.25, 0.3) is 5.91 Å². The van der Waals surface area contributed by atoms with Crippen molar-refractivity contribution < 1.29 is 19.4 Å². The van der Waals surface area contributed by atoms with Crippen LogP contribution in [0.25, 0.3) is 0 Å². The van der Waals surface area contributed by atoms with Gasteiger partial charge in [0.05, 0.1) is 6.67 Å². The molecule has 0 bridgehead atoms. The fraction of sp³-hybridized carbons (Fsp3) is 0.576. The Morgan fingerprint density at radius 2 is 1.05 bits per heavy atom. The van der Waals surface area contributed by atoms with Gasteiger partial charge in [0, 0.05) is 12.1 Å². The average Bonchev–Trinajstić information content (AvgIpc) is 2.96. The molecule has 3 amide bonds. The van der Waals surface area contributed by atoms with Gasteiger partial charge in [-0.1, -0.05) is 103 Å². The Morgan fingerprint density at radius 3 is 1.55 bits per heavy atom. The maximum Gasteiger partial charge on any atom is 0.316 e. The van der Waals surface area contributed by atoms with Crippen molar-refractivity contribution in [2.24, 2.45) is 0 Å². The summed E-state index contributed by atoms with van der Waals surface area (Å²) in [4.78, 5) is 24.3. The molecule has 2 aromatic rings. The van der Waals surface area contributed by atoms with Crippen molar-refractivity contribution in [3.8, 4) is 17.2 Å². The second-order valence-electron chi connectivity index (χ2n) is 10.5. The fourth-order valence-electron chi connectivity index (χ4n) is 4.57. The van der Waals surface area contributed by atoms with Crippen molar-refractivity contribution in [3.05, 3.63) is 54.1 Å². The predicted molar refractivity (Wildman–Crippen MR) is 163 cm³/mol. The SMILES string of the molecule is CCCCCCCCCCCCCCCCCCNC(=O)NCNC(=O)c1ccc(Oc2ccc(O)cc2)cc1. The first-order chi connectivity index (χ1) is 19.6. The van der Waals surface area contributed by atoms with Gasteiger partial charge in [0.2, 0.25) is 0 Å². The highest BCUT2D eigenvalue weighted by Gasteiger charge is 2.07. The summed E-state index contributed by atoms with van der Waals surface area (Å²) in [7, 11) is 0. The number of hydrogen-bond acceptors (Lipinski definition) is 4. The fourth-order valence-corrected chi connectivity index (χ4v) is 4.57. The molecule has 222 valence electrons. The van der Waals surface area contributed by atoms with Crippen LogP contribution in [0.3, 0.4) is 0 Å². The first-order valence-electron chi connectivity index (χ1n) is 15.5. The van der Waals surface area contributed by atoms with E-state index in [1.165, 1.54) is 89.9 Å². The third kappa shape index (κ3) is 16.0. The summed E-state index contributed by atoms with van der Waals surface area (Å²) in [5.41, 5.74) is 0.466. The number of rotatable bonds is 22. The molecule has 0 aliphatic rings. The summed E-state index contributed by atoms with van der Waals surface area (Å²) < 4.78 is 5.68. The molecule has 0 aliphatic heterocycles. The lowest BCUT2D eigenvalue weighted by Crippen LogP contribution is -2.42. The zero-order valence-electron chi connectivity index (χ0n) is 24.5. The average molecular weight is 554 g/mol. The molecule has 0 radical (unpaired) electrons. The number of phenolic OH excluding ortho intramolecular Hbond substituents is 1. The zero-order valence-corrected chi connectivity index (χ0v) is 24.5. The number of urea groups is 1. The molecule has 0 aliphatic carbocycles. The van der Waals surface area contributed by atoms with Gasteiger partial charge < -0.3 is 25.8 Å². The number of nitrogens with one attached hydrogen (secondary N) is 3. The largest absolute Gasteiger partial charge is 0.508 e. The number of carbonyl (C=O) groups excluding carboxylic acids is 2. The van der Waals surface area contributed by atoms with Crippen LogP contribution in [0, 0.1) is 0 Å². The van der Waals surface area contributed by atoms with Crippen molar-refractivity contribution in [2.45, 2.75) is 110 Å². The van der Waals surface area contributed by atoms with E-state index in [-0.39, 0.29) is 24.4 Å². The number of ether oxygens (including phenoxy) is 1. The van der Waals surface area contributed by atoms with Crippen LogP contribution in [0.4, 0.5) is 4.79 Å². The minimum absolute atomic E-state index is 0.0510. The molecular weight excluding hydrogens is 502 g/mol. The number of carbonyl (C=O) groups is 2. The molecule has 7 heteroatoms.